The van der Waals surface area contributed by atoms with Gasteiger partial charge in [-0.15, -0.1) is 0 Å². The summed E-state index contributed by atoms with van der Waals surface area (Å²) in [7, 11) is 0. The van der Waals surface area contributed by atoms with Crippen molar-refractivity contribution in [3.63, 3.8) is 0 Å². The number of aromatic nitrogens is 1. The lowest BCUT2D eigenvalue weighted by atomic mass is 10.4. The van der Waals surface area contributed by atoms with Gasteiger partial charge in [0.1, 0.15) is 12.4 Å². The summed E-state index contributed by atoms with van der Waals surface area (Å²) in [5, 5.41) is 3.36. The van der Waals surface area contributed by atoms with Gasteiger partial charge in [-0.3, -0.25) is 4.98 Å². The van der Waals surface area contributed by atoms with Gasteiger partial charge in [0.25, 0.3) is 0 Å². The van der Waals surface area contributed by atoms with E-state index in [9.17, 15) is 0 Å². The molecule has 1 aromatic heterocycles. The van der Waals surface area contributed by atoms with Crippen LogP contribution in [-0.4, -0.2) is 36.2 Å². The number of rotatable bonds is 9. The highest BCUT2D eigenvalue weighted by Crippen LogP contribution is 2.04. The van der Waals surface area contributed by atoms with Crippen LogP contribution in [0.15, 0.2) is 24.5 Å². The maximum atomic E-state index is 5.50. The molecule has 3 nitrogen and oxygen atoms in total. The number of hydrogen-bond donors (Lipinski definition) is 1. The Bertz CT molecular complexity index is 256. The van der Waals surface area contributed by atoms with Crippen LogP contribution in [0.4, 0.5) is 0 Å². The largest absolute Gasteiger partial charge is 0.491 e. The van der Waals surface area contributed by atoms with E-state index in [-0.39, 0.29) is 0 Å². The van der Waals surface area contributed by atoms with Gasteiger partial charge in [-0.25, -0.2) is 0 Å². The van der Waals surface area contributed by atoms with Gasteiger partial charge >= 0.3 is 0 Å². The Labute approximate surface area is 102 Å². The molecule has 0 saturated heterocycles. The van der Waals surface area contributed by atoms with Crippen molar-refractivity contribution >= 4 is 11.8 Å². The molecule has 0 aliphatic carbocycles. The van der Waals surface area contributed by atoms with Crippen molar-refractivity contribution in [1.29, 1.82) is 0 Å². The number of thioether (sulfide) groups is 1. The SMILES string of the molecule is CCSCCCNCCOc1cccnc1. The predicted molar refractivity (Wildman–Crippen MR) is 70.2 cm³/mol. The highest BCUT2D eigenvalue weighted by molar-refractivity contribution is 7.99. The third-order valence-electron chi connectivity index (χ3n) is 2.03. The molecular formula is C12H20N2OS. The van der Waals surface area contributed by atoms with Crippen molar-refractivity contribution < 1.29 is 4.74 Å². The molecule has 1 heterocycles. The lowest BCUT2D eigenvalue weighted by Crippen LogP contribution is -2.22. The Morgan fingerprint density at radius 1 is 1.44 bits per heavy atom. The molecule has 1 aromatic rings. The average Bonchev–Trinajstić information content (AvgIpc) is 2.34. The van der Waals surface area contributed by atoms with Crippen LogP contribution in [0.5, 0.6) is 5.75 Å². The number of pyridine rings is 1. The van der Waals surface area contributed by atoms with E-state index in [1.165, 1.54) is 17.9 Å². The maximum Gasteiger partial charge on any atom is 0.137 e. The Kier molecular flexibility index (Phi) is 7.90. The molecule has 0 radical (unpaired) electrons. The van der Waals surface area contributed by atoms with Gasteiger partial charge in [-0.05, 0) is 36.6 Å². The van der Waals surface area contributed by atoms with Crippen LogP contribution < -0.4 is 10.1 Å². The highest BCUT2D eigenvalue weighted by atomic mass is 32.2. The summed E-state index contributed by atoms with van der Waals surface area (Å²) in [5.41, 5.74) is 0. The summed E-state index contributed by atoms with van der Waals surface area (Å²) in [6.45, 7) is 4.86. The van der Waals surface area contributed by atoms with Crippen molar-refractivity contribution in [2.75, 3.05) is 31.2 Å². The molecule has 0 aromatic carbocycles. The molecule has 0 spiro atoms. The summed E-state index contributed by atoms with van der Waals surface area (Å²) in [6, 6.07) is 3.80. The minimum absolute atomic E-state index is 0.701. The van der Waals surface area contributed by atoms with E-state index in [0.29, 0.717) is 6.61 Å². The van der Waals surface area contributed by atoms with Gasteiger partial charge in [0, 0.05) is 12.7 Å². The van der Waals surface area contributed by atoms with E-state index in [2.05, 4.69) is 17.2 Å². The molecule has 0 aliphatic heterocycles. The second-order valence-electron chi connectivity index (χ2n) is 3.34. The van der Waals surface area contributed by atoms with Gasteiger partial charge in [0.05, 0.1) is 6.20 Å². The number of ether oxygens (including phenoxy) is 1. The summed E-state index contributed by atoms with van der Waals surface area (Å²) in [5.74, 6) is 3.29. The van der Waals surface area contributed by atoms with Crippen molar-refractivity contribution in [3.05, 3.63) is 24.5 Å². The van der Waals surface area contributed by atoms with Crippen molar-refractivity contribution in [2.45, 2.75) is 13.3 Å². The standard InChI is InChI=1S/C12H20N2OS/c1-2-16-10-4-7-13-8-9-15-12-5-3-6-14-11-12/h3,5-6,11,13H,2,4,7-10H2,1H3. The summed E-state index contributed by atoms with van der Waals surface area (Å²) in [6.07, 6.45) is 4.71. The average molecular weight is 240 g/mol. The van der Waals surface area contributed by atoms with E-state index in [1.54, 1.807) is 12.4 Å². The first-order chi connectivity index (χ1) is 7.93. The van der Waals surface area contributed by atoms with Gasteiger partial charge in [-0.1, -0.05) is 6.92 Å². The van der Waals surface area contributed by atoms with Crippen LogP contribution >= 0.6 is 11.8 Å². The van der Waals surface area contributed by atoms with Crippen LogP contribution in [0.25, 0.3) is 0 Å². The molecule has 1 rings (SSSR count). The summed E-state index contributed by atoms with van der Waals surface area (Å²) >= 11 is 1.99. The first kappa shape index (κ1) is 13.3. The smallest absolute Gasteiger partial charge is 0.137 e. The van der Waals surface area contributed by atoms with E-state index < -0.39 is 0 Å². The number of nitrogens with zero attached hydrogens (tertiary/aromatic N) is 1. The third kappa shape index (κ3) is 6.69. The van der Waals surface area contributed by atoms with Crippen molar-refractivity contribution in [1.82, 2.24) is 10.3 Å². The molecule has 90 valence electrons. The molecule has 0 aliphatic rings. The zero-order chi connectivity index (χ0) is 11.5. The molecule has 0 bridgehead atoms. The Morgan fingerprint density at radius 3 is 3.12 bits per heavy atom. The fraction of sp³-hybridized carbons (Fsp3) is 0.583. The summed E-state index contributed by atoms with van der Waals surface area (Å²) in [4.78, 5) is 3.99. The van der Waals surface area contributed by atoms with Gasteiger partial charge < -0.3 is 10.1 Å². The van der Waals surface area contributed by atoms with Crippen LogP contribution in [0.1, 0.15) is 13.3 Å². The normalized spacial score (nSPS) is 10.3. The lowest BCUT2D eigenvalue weighted by molar-refractivity contribution is 0.313. The summed E-state index contributed by atoms with van der Waals surface area (Å²) < 4.78 is 5.50. The fourth-order valence-electron chi connectivity index (χ4n) is 1.24. The maximum absolute atomic E-state index is 5.50. The Morgan fingerprint density at radius 2 is 2.38 bits per heavy atom. The topological polar surface area (TPSA) is 34.1 Å². The van der Waals surface area contributed by atoms with Crippen LogP contribution in [-0.2, 0) is 0 Å². The first-order valence-electron chi connectivity index (χ1n) is 5.74. The fourth-order valence-corrected chi connectivity index (χ4v) is 1.88. The monoisotopic (exact) mass is 240 g/mol. The quantitative estimate of drug-likeness (QED) is 0.671. The second kappa shape index (κ2) is 9.48. The second-order valence-corrected chi connectivity index (χ2v) is 4.73. The van der Waals surface area contributed by atoms with E-state index in [4.69, 9.17) is 4.74 Å². The zero-order valence-corrected chi connectivity index (χ0v) is 10.6. The number of nitrogens with one attached hydrogen (secondary N) is 1. The van der Waals surface area contributed by atoms with Crippen LogP contribution in [0.3, 0.4) is 0 Å². The molecule has 1 N–H and O–H groups in total. The Balaban J connectivity index is 1.89. The first-order valence-corrected chi connectivity index (χ1v) is 6.90. The Hall–Kier alpha value is -0.740. The van der Waals surface area contributed by atoms with Crippen LogP contribution in [0.2, 0.25) is 0 Å². The van der Waals surface area contributed by atoms with Gasteiger partial charge in [0.2, 0.25) is 0 Å². The minimum Gasteiger partial charge on any atom is -0.491 e. The highest BCUT2D eigenvalue weighted by Gasteiger charge is 1.92. The van der Waals surface area contributed by atoms with Gasteiger partial charge in [0.15, 0.2) is 0 Å². The molecule has 0 fully saturated rings. The van der Waals surface area contributed by atoms with E-state index >= 15 is 0 Å². The predicted octanol–water partition coefficient (Wildman–Crippen LogP) is 2.19. The minimum atomic E-state index is 0.701. The van der Waals surface area contributed by atoms with E-state index in [0.717, 1.165) is 18.8 Å². The molecule has 4 heteroatoms. The molecule has 0 unspecified atom stereocenters. The lowest BCUT2D eigenvalue weighted by Gasteiger charge is -2.06. The zero-order valence-electron chi connectivity index (χ0n) is 9.82. The van der Waals surface area contributed by atoms with Gasteiger partial charge in [-0.2, -0.15) is 11.8 Å². The molecular weight excluding hydrogens is 220 g/mol. The van der Waals surface area contributed by atoms with Crippen molar-refractivity contribution in [3.8, 4) is 5.75 Å². The van der Waals surface area contributed by atoms with Crippen molar-refractivity contribution in [2.24, 2.45) is 0 Å². The number of hydrogen-bond acceptors (Lipinski definition) is 4. The molecule has 0 amide bonds. The molecule has 0 atom stereocenters. The third-order valence-corrected chi connectivity index (χ3v) is 3.01. The van der Waals surface area contributed by atoms with Crippen LogP contribution in [0, 0.1) is 0 Å². The van der Waals surface area contributed by atoms with E-state index in [1.807, 2.05) is 23.9 Å². The molecule has 0 saturated carbocycles. The molecule has 16 heavy (non-hydrogen) atoms.